The number of hydrogen-bond donors (Lipinski definition) is 0. The fourth-order valence-electron chi connectivity index (χ4n) is 9.52. The van der Waals surface area contributed by atoms with Gasteiger partial charge in [-0.25, -0.2) is 0 Å². The van der Waals surface area contributed by atoms with Gasteiger partial charge in [0.1, 0.15) is 0 Å². The van der Waals surface area contributed by atoms with Crippen LogP contribution >= 0.6 is 11.3 Å². The lowest BCUT2D eigenvalue weighted by Gasteiger charge is -2.29. The molecule has 0 aliphatic carbocycles. The zero-order chi connectivity index (χ0) is 41.0. The first-order valence-electron chi connectivity index (χ1n) is 21.2. The lowest BCUT2D eigenvalue weighted by atomic mass is 9.91. The Hall–Kier alpha value is -7.78. The molecule has 0 fully saturated rings. The van der Waals surface area contributed by atoms with Gasteiger partial charge in [-0.3, -0.25) is 0 Å². The van der Waals surface area contributed by atoms with Gasteiger partial charge >= 0.3 is 0 Å². The SMILES string of the molecule is c1ccc(-c2ccc(-c3cc4ccccc4c4ccccc34)cc2N(c2ccc(-c3cccc4ccccc34)cc2)c2cccc(-c3cccc4c3sc3ccccc34)c2)cc1. The van der Waals surface area contributed by atoms with E-state index in [0.29, 0.717) is 0 Å². The van der Waals surface area contributed by atoms with Crippen LogP contribution in [0, 0.1) is 0 Å². The van der Waals surface area contributed by atoms with Crippen molar-refractivity contribution in [1.82, 2.24) is 0 Å². The molecule has 0 spiro atoms. The van der Waals surface area contributed by atoms with Crippen LogP contribution in [-0.4, -0.2) is 0 Å². The van der Waals surface area contributed by atoms with Crippen LogP contribution in [0.3, 0.4) is 0 Å². The van der Waals surface area contributed by atoms with E-state index in [1.165, 1.54) is 91.4 Å². The molecule has 12 aromatic rings. The summed E-state index contributed by atoms with van der Waals surface area (Å²) in [5, 5.41) is 10.1. The molecule has 12 rings (SSSR count). The average Bonchev–Trinajstić information content (AvgIpc) is 3.73. The first-order valence-corrected chi connectivity index (χ1v) is 22.1. The van der Waals surface area contributed by atoms with E-state index >= 15 is 0 Å². The summed E-state index contributed by atoms with van der Waals surface area (Å²) in [5.41, 5.74) is 12.9. The number of rotatable bonds is 7. The smallest absolute Gasteiger partial charge is 0.0546 e. The normalized spacial score (nSPS) is 11.5. The van der Waals surface area contributed by atoms with Crippen molar-refractivity contribution in [2.45, 2.75) is 0 Å². The summed E-state index contributed by atoms with van der Waals surface area (Å²) in [6.45, 7) is 0. The molecule has 2 heteroatoms. The van der Waals surface area contributed by atoms with E-state index in [2.05, 4.69) is 241 Å². The van der Waals surface area contributed by atoms with Gasteiger partial charge in [-0.05, 0) is 114 Å². The fraction of sp³-hybridized carbons (Fsp3) is 0. The third kappa shape index (κ3) is 6.15. The van der Waals surface area contributed by atoms with E-state index in [9.17, 15) is 0 Å². The van der Waals surface area contributed by atoms with Crippen molar-refractivity contribution in [3.05, 3.63) is 237 Å². The van der Waals surface area contributed by atoms with E-state index in [1.807, 2.05) is 11.3 Å². The number of thiophene rings is 1. The Kier molecular flexibility index (Phi) is 8.76. The highest BCUT2D eigenvalue weighted by Gasteiger charge is 2.21. The highest BCUT2D eigenvalue weighted by molar-refractivity contribution is 7.26. The van der Waals surface area contributed by atoms with Gasteiger partial charge in [0.15, 0.2) is 0 Å². The van der Waals surface area contributed by atoms with E-state index < -0.39 is 0 Å². The second-order valence-corrected chi connectivity index (χ2v) is 17.1. The second kappa shape index (κ2) is 15.0. The van der Waals surface area contributed by atoms with Gasteiger partial charge in [0.05, 0.1) is 5.69 Å². The van der Waals surface area contributed by atoms with Crippen LogP contribution in [-0.2, 0) is 0 Å². The van der Waals surface area contributed by atoms with Crippen molar-refractivity contribution in [2.75, 3.05) is 4.90 Å². The predicted molar refractivity (Wildman–Crippen MR) is 268 cm³/mol. The van der Waals surface area contributed by atoms with E-state index in [0.717, 1.165) is 22.6 Å². The molecule has 0 N–H and O–H groups in total. The monoisotopic (exact) mass is 805 g/mol. The van der Waals surface area contributed by atoms with Gasteiger partial charge in [-0.15, -0.1) is 11.3 Å². The number of anilines is 3. The Balaban J connectivity index is 1.10. The predicted octanol–water partition coefficient (Wildman–Crippen LogP) is 17.7. The highest BCUT2D eigenvalue weighted by Crippen LogP contribution is 2.47. The Morgan fingerprint density at radius 3 is 1.71 bits per heavy atom. The van der Waals surface area contributed by atoms with Crippen molar-refractivity contribution < 1.29 is 0 Å². The highest BCUT2D eigenvalue weighted by atomic mass is 32.1. The summed E-state index contributed by atoms with van der Waals surface area (Å²) in [7, 11) is 0. The fourth-order valence-corrected chi connectivity index (χ4v) is 10.8. The first-order chi connectivity index (χ1) is 30.7. The average molecular weight is 806 g/mol. The van der Waals surface area contributed by atoms with Crippen molar-refractivity contribution in [1.29, 1.82) is 0 Å². The molecule has 1 aromatic heterocycles. The summed E-state index contributed by atoms with van der Waals surface area (Å²) in [6.07, 6.45) is 0. The topological polar surface area (TPSA) is 3.24 Å². The number of benzene rings is 11. The molecule has 0 unspecified atom stereocenters. The molecule has 1 nitrogen and oxygen atoms in total. The molecule has 0 radical (unpaired) electrons. The molecule has 11 aromatic carbocycles. The van der Waals surface area contributed by atoms with E-state index in [4.69, 9.17) is 0 Å². The van der Waals surface area contributed by atoms with Crippen LogP contribution in [0.4, 0.5) is 17.1 Å². The molecule has 62 heavy (non-hydrogen) atoms. The van der Waals surface area contributed by atoms with E-state index in [-0.39, 0.29) is 0 Å². The maximum atomic E-state index is 2.47. The van der Waals surface area contributed by atoms with E-state index in [1.54, 1.807) is 0 Å². The summed E-state index contributed by atoms with van der Waals surface area (Å²) < 4.78 is 2.62. The van der Waals surface area contributed by atoms with Gasteiger partial charge in [0.25, 0.3) is 0 Å². The standard InChI is InChI=1S/C60H39NS/c1-2-15-41(16-3-1)51-36-33-45(57-38-44-18-5-7-23-50(44)53-24-8-9-25-54(53)57)39-58(51)61(46-34-31-42(32-35-46)49-27-13-19-40-17-4-6-22-48(40)49)47-21-12-20-43(37-47)52-28-14-29-56-55-26-10-11-30-59(55)62-60(52)56/h1-39H. The van der Waals surface area contributed by atoms with Crippen LogP contribution in [0.1, 0.15) is 0 Å². The number of nitrogens with zero attached hydrogens (tertiary/aromatic N) is 1. The molecule has 0 aliphatic rings. The Morgan fingerprint density at radius 2 is 0.855 bits per heavy atom. The van der Waals surface area contributed by atoms with Gasteiger partial charge in [-0.1, -0.05) is 194 Å². The lowest BCUT2D eigenvalue weighted by Crippen LogP contribution is -2.11. The Bertz CT molecular complexity index is 3630. The van der Waals surface area contributed by atoms with Crippen molar-refractivity contribution in [3.8, 4) is 44.5 Å². The molecule has 0 atom stereocenters. The third-order valence-corrected chi connectivity index (χ3v) is 13.7. The lowest BCUT2D eigenvalue weighted by molar-refractivity contribution is 1.28. The number of fused-ring (bicyclic) bond motifs is 7. The second-order valence-electron chi connectivity index (χ2n) is 16.0. The summed E-state index contributed by atoms with van der Waals surface area (Å²) in [4.78, 5) is 2.47. The van der Waals surface area contributed by atoms with Crippen LogP contribution < -0.4 is 4.90 Å². The molecule has 0 saturated heterocycles. The van der Waals surface area contributed by atoms with Gasteiger partial charge in [0, 0.05) is 37.1 Å². The molecule has 0 amide bonds. The van der Waals surface area contributed by atoms with Gasteiger partial charge in [0.2, 0.25) is 0 Å². The van der Waals surface area contributed by atoms with Crippen LogP contribution in [0.15, 0.2) is 237 Å². The largest absolute Gasteiger partial charge is 0.310 e. The Morgan fingerprint density at radius 1 is 0.274 bits per heavy atom. The quantitative estimate of drug-likeness (QED) is 0.145. The van der Waals surface area contributed by atoms with Crippen LogP contribution in [0.2, 0.25) is 0 Å². The zero-order valence-corrected chi connectivity index (χ0v) is 34.7. The summed E-state index contributed by atoms with van der Waals surface area (Å²) in [6, 6.07) is 86.9. The van der Waals surface area contributed by atoms with Crippen LogP contribution in [0.5, 0.6) is 0 Å². The number of hydrogen-bond acceptors (Lipinski definition) is 2. The van der Waals surface area contributed by atoms with Crippen molar-refractivity contribution in [3.63, 3.8) is 0 Å². The molecular weight excluding hydrogens is 767 g/mol. The van der Waals surface area contributed by atoms with Crippen molar-refractivity contribution >= 4 is 80.9 Å². The maximum absolute atomic E-state index is 2.47. The van der Waals surface area contributed by atoms with Gasteiger partial charge in [-0.2, -0.15) is 0 Å². The third-order valence-electron chi connectivity index (χ3n) is 12.4. The van der Waals surface area contributed by atoms with Gasteiger partial charge < -0.3 is 4.90 Å². The molecule has 1 heterocycles. The Labute approximate surface area is 365 Å². The first kappa shape index (κ1) is 36.1. The molecule has 0 bridgehead atoms. The molecule has 0 aliphatic heterocycles. The molecule has 0 saturated carbocycles. The zero-order valence-electron chi connectivity index (χ0n) is 33.9. The molecule has 290 valence electrons. The summed E-state index contributed by atoms with van der Waals surface area (Å²) >= 11 is 1.88. The maximum Gasteiger partial charge on any atom is 0.0546 e. The summed E-state index contributed by atoms with van der Waals surface area (Å²) in [5.74, 6) is 0. The minimum Gasteiger partial charge on any atom is -0.310 e. The van der Waals surface area contributed by atoms with Crippen LogP contribution in [0.25, 0.3) is 97.0 Å². The van der Waals surface area contributed by atoms with Crippen molar-refractivity contribution in [2.24, 2.45) is 0 Å². The minimum atomic E-state index is 1.09. The molecular formula is C60H39NS. The minimum absolute atomic E-state index is 1.09.